The Morgan fingerprint density at radius 3 is 2.93 bits per heavy atom. The van der Waals surface area contributed by atoms with Crippen LogP contribution in [-0.2, 0) is 0 Å². The van der Waals surface area contributed by atoms with Gasteiger partial charge in [0, 0.05) is 0 Å². The highest BCUT2D eigenvalue weighted by atomic mass is 32.2. The second kappa shape index (κ2) is 4.37. The molecular formula is C12H17NS. The lowest BCUT2D eigenvalue weighted by Crippen LogP contribution is -2.31. The predicted octanol–water partition coefficient (Wildman–Crippen LogP) is 2.97. The molecule has 2 atom stereocenters. The van der Waals surface area contributed by atoms with Crippen molar-refractivity contribution in [1.82, 2.24) is 5.32 Å². The summed E-state index contributed by atoms with van der Waals surface area (Å²) in [4.78, 5) is 0. The molecule has 0 radical (unpaired) electrons. The maximum absolute atomic E-state index is 3.58. The quantitative estimate of drug-likeness (QED) is 0.760. The highest BCUT2D eigenvalue weighted by Crippen LogP contribution is 2.31. The summed E-state index contributed by atoms with van der Waals surface area (Å²) in [5, 5.41) is 4.08. The molecule has 1 aliphatic rings. The number of rotatable bonds is 1. The maximum atomic E-state index is 3.58. The molecule has 0 aromatic heterocycles. The van der Waals surface area contributed by atoms with E-state index in [0.29, 0.717) is 5.37 Å². The Morgan fingerprint density at radius 2 is 2.29 bits per heavy atom. The van der Waals surface area contributed by atoms with E-state index in [1.807, 2.05) is 11.8 Å². The van der Waals surface area contributed by atoms with Crippen LogP contribution in [0.1, 0.15) is 23.4 Å². The SMILES string of the molecule is Cc1cccc(C2NCC(C)CS2)c1. The van der Waals surface area contributed by atoms with E-state index in [2.05, 4.69) is 43.4 Å². The molecule has 0 spiro atoms. The Kier molecular flexibility index (Phi) is 3.14. The average molecular weight is 207 g/mol. The Labute approximate surface area is 90.3 Å². The Bertz CT molecular complexity index is 303. The standard InChI is InChI=1S/C12H17NS/c1-9-4-3-5-11(6-9)12-13-7-10(2)8-14-12/h3-6,10,12-13H,7-8H2,1-2H3. The second-order valence-corrected chi connectivity index (χ2v) is 5.28. The topological polar surface area (TPSA) is 12.0 Å². The van der Waals surface area contributed by atoms with Crippen molar-refractivity contribution >= 4 is 11.8 Å². The summed E-state index contributed by atoms with van der Waals surface area (Å²) in [7, 11) is 0. The number of aryl methyl sites for hydroxylation is 1. The van der Waals surface area contributed by atoms with Gasteiger partial charge in [0.05, 0.1) is 5.37 Å². The minimum Gasteiger partial charge on any atom is -0.301 e. The fraction of sp³-hybridized carbons (Fsp3) is 0.500. The lowest BCUT2D eigenvalue weighted by molar-refractivity contribution is 0.529. The molecule has 1 nitrogen and oxygen atoms in total. The maximum Gasteiger partial charge on any atom is 0.0789 e. The molecule has 0 bridgehead atoms. The lowest BCUT2D eigenvalue weighted by Gasteiger charge is -2.27. The van der Waals surface area contributed by atoms with Crippen LogP contribution < -0.4 is 5.32 Å². The van der Waals surface area contributed by atoms with Crippen LogP contribution in [0, 0.1) is 12.8 Å². The van der Waals surface area contributed by atoms with Gasteiger partial charge in [0.1, 0.15) is 0 Å². The van der Waals surface area contributed by atoms with Crippen molar-refractivity contribution < 1.29 is 0 Å². The van der Waals surface area contributed by atoms with Crippen LogP contribution in [0.4, 0.5) is 0 Å². The Balaban J connectivity index is 2.08. The van der Waals surface area contributed by atoms with Crippen molar-refractivity contribution in [3.63, 3.8) is 0 Å². The van der Waals surface area contributed by atoms with Crippen LogP contribution in [0.3, 0.4) is 0 Å². The van der Waals surface area contributed by atoms with Gasteiger partial charge in [0.15, 0.2) is 0 Å². The summed E-state index contributed by atoms with van der Waals surface area (Å²) in [5.41, 5.74) is 2.77. The molecule has 0 aliphatic carbocycles. The number of benzene rings is 1. The average Bonchev–Trinajstić information content (AvgIpc) is 2.19. The first-order valence-electron chi connectivity index (χ1n) is 5.17. The molecule has 0 amide bonds. The zero-order valence-corrected chi connectivity index (χ0v) is 9.60. The summed E-state index contributed by atoms with van der Waals surface area (Å²) in [6.45, 7) is 5.59. The minimum absolute atomic E-state index is 0.506. The normalized spacial score (nSPS) is 27.6. The molecule has 76 valence electrons. The molecule has 2 rings (SSSR count). The Hall–Kier alpha value is -0.470. The van der Waals surface area contributed by atoms with E-state index < -0.39 is 0 Å². The van der Waals surface area contributed by atoms with Gasteiger partial charge in [-0.3, -0.25) is 0 Å². The molecular weight excluding hydrogens is 190 g/mol. The van der Waals surface area contributed by atoms with Gasteiger partial charge in [0.25, 0.3) is 0 Å². The van der Waals surface area contributed by atoms with E-state index in [1.54, 1.807) is 0 Å². The van der Waals surface area contributed by atoms with Crippen LogP contribution in [0.15, 0.2) is 24.3 Å². The van der Waals surface area contributed by atoms with E-state index in [-0.39, 0.29) is 0 Å². The zero-order chi connectivity index (χ0) is 9.97. The van der Waals surface area contributed by atoms with Crippen LogP contribution >= 0.6 is 11.8 Å². The summed E-state index contributed by atoms with van der Waals surface area (Å²) in [6, 6.07) is 8.79. The lowest BCUT2D eigenvalue weighted by atomic mass is 10.1. The van der Waals surface area contributed by atoms with E-state index in [9.17, 15) is 0 Å². The third-order valence-electron chi connectivity index (χ3n) is 2.54. The van der Waals surface area contributed by atoms with Crippen molar-refractivity contribution in [2.45, 2.75) is 19.2 Å². The van der Waals surface area contributed by atoms with Gasteiger partial charge < -0.3 is 5.32 Å². The second-order valence-electron chi connectivity index (χ2n) is 4.14. The molecule has 14 heavy (non-hydrogen) atoms. The summed E-state index contributed by atoms with van der Waals surface area (Å²) in [6.07, 6.45) is 0. The van der Waals surface area contributed by atoms with Gasteiger partial charge >= 0.3 is 0 Å². The highest BCUT2D eigenvalue weighted by molar-refractivity contribution is 7.99. The largest absolute Gasteiger partial charge is 0.301 e. The first kappa shape index (κ1) is 10.1. The molecule has 1 saturated heterocycles. The summed E-state index contributed by atoms with van der Waals surface area (Å²) in [5.74, 6) is 2.08. The fourth-order valence-corrected chi connectivity index (χ4v) is 2.93. The molecule has 1 fully saturated rings. The van der Waals surface area contributed by atoms with E-state index >= 15 is 0 Å². The molecule has 1 aliphatic heterocycles. The van der Waals surface area contributed by atoms with Gasteiger partial charge in [-0.05, 0) is 30.7 Å². The first-order chi connectivity index (χ1) is 6.75. The number of hydrogen-bond acceptors (Lipinski definition) is 2. The van der Waals surface area contributed by atoms with Crippen molar-refractivity contribution in [3.8, 4) is 0 Å². The minimum atomic E-state index is 0.506. The third kappa shape index (κ3) is 2.31. The summed E-state index contributed by atoms with van der Waals surface area (Å²) < 4.78 is 0. The number of thioether (sulfide) groups is 1. The van der Waals surface area contributed by atoms with E-state index in [0.717, 1.165) is 12.5 Å². The van der Waals surface area contributed by atoms with Gasteiger partial charge in [-0.25, -0.2) is 0 Å². The Morgan fingerprint density at radius 1 is 1.43 bits per heavy atom. The molecule has 2 unspecified atom stereocenters. The van der Waals surface area contributed by atoms with Crippen molar-refractivity contribution in [2.24, 2.45) is 5.92 Å². The number of nitrogens with one attached hydrogen (secondary N) is 1. The summed E-state index contributed by atoms with van der Waals surface area (Å²) >= 11 is 2.02. The zero-order valence-electron chi connectivity index (χ0n) is 8.79. The van der Waals surface area contributed by atoms with Crippen molar-refractivity contribution in [2.75, 3.05) is 12.3 Å². The molecule has 1 heterocycles. The van der Waals surface area contributed by atoms with Crippen molar-refractivity contribution in [1.29, 1.82) is 0 Å². The smallest absolute Gasteiger partial charge is 0.0789 e. The molecule has 1 aromatic carbocycles. The van der Waals surface area contributed by atoms with Gasteiger partial charge in [0.2, 0.25) is 0 Å². The van der Waals surface area contributed by atoms with Crippen LogP contribution in [0.25, 0.3) is 0 Å². The van der Waals surface area contributed by atoms with Crippen LogP contribution in [-0.4, -0.2) is 12.3 Å². The van der Waals surface area contributed by atoms with E-state index in [1.165, 1.54) is 16.9 Å². The molecule has 1 aromatic rings. The number of hydrogen-bond donors (Lipinski definition) is 1. The van der Waals surface area contributed by atoms with Crippen LogP contribution in [0.5, 0.6) is 0 Å². The third-order valence-corrected chi connectivity index (χ3v) is 4.08. The predicted molar refractivity (Wildman–Crippen MR) is 63.5 cm³/mol. The first-order valence-corrected chi connectivity index (χ1v) is 6.22. The highest BCUT2D eigenvalue weighted by Gasteiger charge is 2.18. The monoisotopic (exact) mass is 207 g/mol. The van der Waals surface area contributed by atoms with Crippen LogP contribution in [0.2, 0.25) is 0 Å². The fourth-order valence-electron chi connectivity index (χ4n) is 1.73. The van der Waals surface area contributed by atoms with Crippen molar-refractivity contribution in [3.05, 3.63) is 35.4 Å². The molecule has 0 saturated carbocycles. The molecule has 1 N–H and O–H groups in total. The van der Waals surface area contributed by atoms with Gasteiger partial charge in [-0.15, -0.1) is 11.8 Å². The van der Waals surface area contributed by atoms with Gasteiger partial charge in [-0.2, -0.15) is 0 Å². The van der Waals surface area contributed by atoms with Gasteiger partial charge in [-0.1, -0.05) is 36.8 Å². The molecule has 2 heteroatoms. The van der Waals surface area contributed by atoms with E-state index in [4.69, 9.17) is 0 Å².